The van der Waals surface area contributed by atoms with Gasteiger partial charge < -0.3 is 0 Å². The summed E-state index contributed by atoms with van der Waals surface area (Å²) >= 11 is 3.21. The van der Waals surface area contributed by atoms with Crippen LogP contribution in [0.25, 0.3) is 0 Å². The molecule has 0 saturated heterocycles. The first kappa shape index (κ1) is 3.62. The van der Waals surface area contributed by atoms with E-state index in [0.717, 1.165) is 0 Å². The third-order valence-corrected chi connectivity index (χ3v) is 1.77. The lowest BCUT2D eigenvalue weighted by atomic mass is 11.3. The van der Waals surface area contributed by atoms with E-state index in [-0.39, 0.29) is 0 Å². The molecule has 0 fully saturated rings. The van der Waals surface area contributed by atoms with Crippen molar-refractivity contribution in [1.29, 1.82) is 0 Å². The first-order valence-electron chi connectivity index (χ1n) is 1.21. The minimum absolute atomic E-state index is 1.61. The van der Waals surface area contributed by atoms with Crippen LogP contribution < -0.4 is 0 Å². The Labute approximate surface area is 40.0 Å². The highest BCUT2D eigenvalue weighted by Crippen LogP contribution is 2.27. The Balaban J connectivity index is 2.32. The van der Waals surface area contributed by atoms with Crippen LogP contribution in [0.4, 0.5) is 0 Å². The maximum absolute atomic E-state index is 2.94. The summed E-state index contributed by atoms with van der Waals surface area (Å²) in [7, 11) is 0. The van der Waals surface area contributed by atoms with Crippen molar-refractivity contribution in [2.24, 2.45) is 0 Å². The standard InChI is InChI=1S/C3H2S2/c1-2-5-3-4-1/h1-2H. The molecule has 0 N–H and O–H groups in total. The van der Waals surface area contributed by atoms with Gasteiger partial charge in [0.05, 0.1) is 0 Å². The Hall–Kier alpha value is 0.440. The fraction of sp³-hybridized carbons (Fsp3) is 0. The van der Waals surface area contributed by atoms with E-state index in [9.17, 15) is 0 Å². The molecule has 1 heterocycles. The summed E-state index contributed by atoms with van der Waals surface area (Å²) in [6, 6.07) is 0. The molecule has 0 aromatic carbocycles. The largest absolute Gasteiger partial charge is 0.123 e. The molecule has 0 unspecified atom stereocenters. The second-order valence-electron chi connectivity index (χ2n) is 0.591. The molecule has 0 spiro atoms. The molecule has 0 aromatic heterocycles. The molecule has 0 atom stereocenters. The Morgan fingerprint density at radius 2 is 1.80 bits per heavy atom. The molecule has 1 rings (SSSR count). The van der Waals surface area contributed by atoms with E-state index >= 15 is 0 Å². The number of thioether (sulfide) groups is 2. The summed E-state index contributed by atoms with van der Waals surface area (Å²) in [5, 5.41) is 6.95. The number of hydrogen-bond donors (Lipinski definition) is 0. The highest BCUT2D eigenvalue weighted by molar-refractivity contribution is 8.24. The molecule has 0 aliphatic carbocycles. The summed E-state index contributed by atoms with van der Waals surface area (Å²) in [5.74, 6) is 0. The van der Waals surface area contributed by atoms with Crippen molar-refractivity contribution >= 4 is 23.5 Å². The smallest absolute Gasteiger partial charge is 0.110 e. The van der Waals surface area contributed by atoms with Crippen LogP contribution >= 0.6 is 23.5 Å². The highest BCUT2D eigenvalue weighted by Gasteiger charge is 1.88. The van der Waals surface area contributed by atoms with Crippen molar-refractivity contribution in [3.63, 3.8) is 0 Å². The summed E-state index contributed by atoms with van der Waals surface area (Å²) < 4.78 is 0. The van der Waals surface area contributed by atoms with Crippen LogP contribution in [0.2, 0.25) is 0 Å². The Morgan fingerprint density at radius 1 is 1.20 bits per heavy atom. The van der Waals surface area contributed by atoms with Gasteiger partial charge in [0.2, 0.25) is 0 Å². The minimum Gasteiger partial charge on any atom is -0.110 e. The predicted octanol–water partition coefficient (Wildman–Crippen LogP) is 1.93. The van der Waals surface area contributed by atoms with Gasteiger partial charge in [-0.15, -0.1) is 23.5 Å². The van der Waals surface area contributed by atoms with Gasteiger partial charge in [-0.25, -0.2) is 0 Å². The predicted molar refractivity (Wildman–Crippen MR) is 27.6 cm³/mol. The van der Waals surface area contributed by atoms with Crippen molar-refractivity contribution < 1.29 is 0 Å². The number of hydrogen-bond acceptors (Lipinski definition) is 2. The van der Waals surface area contributed by atoms with Gasteiger partial charge in [0.1, 0.15) is 5.08 Å². The third-order valence-electron chi connectivity index (χ3n) is 0.288. The average Bonchev–Trinajstić information content (AvgIpc) is 1.76. The Bertz CT molecular complexity index is 42.9. The lowest BCUT2D eigenvalue weighted by Crippen LogP contribution is -1.28. The van der Waals surface area contributed by atoms with E-state index in [0.29, 0.717) is 0 Å². The monoisotopic (exact) mass is 102 g/mol. The van der Waals surface area contributed by atoms with E-state index in [2.05, 4.69) is 5.08 Å². The van der Waals surface area contributed by atoms with Gasteiger partial charge in [-0.05, 0) is 10.8 Å². The summed E-state index contributed by atoms with van der Waals surface area (Å²) in [6.07, 6.45) is 0. The van der Waals surface area contributed by atoms with Crippen LogP contribution in [-0.2, 0) is 0 Å². The van der Waals surface area contributed by atoms with Crippen molar-refractivity contribution in [2.75, 3.05) is 0 Å². The zero-order valence-electron chi connectivity index (χ0n) is 2.47. The van der Waals surface area contributed by atoms with E-state index in [1.165, 1.54) is 0 Å². The van der Waals surface area contributed by atoms with Gasteiger partial charge >= 0.3 is 0 Å². The molecule has 2 radical (unpaired) electrons. The maximum atomic E-state index is 2.94. The molecule has 5 heavy (non-hydrogen) atoms. The van der Waals surface area contributed by atoms with Gasteiger partial charge in [0.25, 0.3) is 0 Å². The van der Waals surface area contributed by atoms with Crippen molar-refractivity contribution in [3.05, 3.63) is 15.9 Å². The third kappa shape index (κ3) is 0.893. The zero-order chi connectivity index (χ0) is 3.54. The van der Waals surface area contributed by atoms with Crippen LogP contribution in [0.1, 0.15) is 0 Å². The van der Waals surface area contributed by atoms with E-state index in [1.807, 2.05) is 10.8 Å². The minimum atomic E-state index is 1.61. The van der Waals surface area contributed by atoms with Crippen LogP contribution in [0.3, 0.4) is 0 Å². The lowest BCUT2D eigenvalue weighted by molar-refractivity contribution is 2.61. The molecule has 0 saturated carbocycles. The summed E-state index contributed by atoms with van der Waals surface area (Å²) in [5.41, 5.74) is 0. The van der Waals surface area contributed by atoms with Gasteiger partial charge in [-0.3, -0.25) is 0 Å². The highest BCUT2D eigenvalue weighted by atomic mass is 32.2. The SMILES string of the molecule is [C]1SC=CS1. The number of rotatable bonds is 0. The van der Waals surface area contributed by atoms with Crippen LogP contribution in [-0.4, -0.2) is 0 Å². The summed E-state index contributed by atoms with van der Waals surface area (Å²) in [4.78, 5) is 0. The molecule has 26 valence electrons. The molecule has 0 aromatic rings. The van der Waals surface area contributed by atoms with Gasteiger partial charge in [0, 0.05) is 0 Å². The topological polar surface area (TPSA) is 0 Å². The fourth-order valence-electron chi connectivity index (χ4n) is 0.139. The van der Waals surface area contributed by atoms with Gasteiger partial charge in [-0.2, -0.15) is 0 Å². The molecule has 1 aliphatic rings. The van der Waals surface area contributed by atoms with Crippen molar-refractivity contribution in [3.8, 4) is 0 Å². The Morgan fingerprint density at radius 3 is 2.00 bits per heavy atom. The van der Waals surface area contributed by atoms with Crippen LogP contribution in [0.15, 0.2) is 10.8 Å². The lowest BCUT2D eigenvalue weighted by Gasteiger charge is -1.66. The molecular weight excluding hydrogens is 100 g/mol. The molecule has 0 nitrogen and oxygen atoms in total. The van der Waals surface area contributed by atoms with Crippen molar-refractivity contribution in [2.45, 2.75) is 0 Å². The second-order valence-corrected chi connectivity index (χ2v) is 2.27. The van der Waals surface area contributed by atoms with Crippen molar-refractivity contribution in [1.82, 2.24) is 0 Å². The normalized spacial score (nSPS) is 20.8. The fourth-order valence-corrected chi connectivity index (χ4v) is 1.25. The van der Waals surface area contributed by atoms with Crippen LogP contribution in [0, 0.1) is 5.08 Å². The van der Waals surface area contributed by atoms with Crippen LogP contribution in [0.5, 0.6) is 0 Å². The van der Waals surface area contributed by atoms with E-state index in [4.69, 9.17) is 0 Å². The van der Waals surface area contributed by atoms with Gasteiger partial charge in [0.15, 0.2) is 0 Å². The van der Waals surface area contributed by atoms with Gasteiger partial charge in [-0.1, -0.05) is 0 Å². The molecule has 1 aliphatic heterocycles. The first-order valence-corrected chi connectivity index (χ1v) is 2.97. The molecular formula is C3H2S2. The second kappa shape index (κ2) is 1.78. The zero-order valence-corrected chi connectivity index (χ0v) is 4.10. The summed E-state index contributed by atoms with van der Waals surface area (Å²) in [6.45, 7) is 0. The molecule has 0 bridgehead atoms. The molecule has 2 heteroatoms. The van der Waals surface area contributed by atoms with E-state index in [1.54, 1.807) is 23.5 Å². The maximum Gasteiger partial charge on any atom is 0.123 e. The molecule has 0 amide bonds. The quantitative estimate of drug-likeness (QED) is 0.458. The average molecular weight is 102 g/mol. The van der Waals surface area contributed by atoms with E-state index < -0.39 is 0 Å². The first-order chi connectivity index (χ1) is 2.50. The Kier molecular flexibility index (Phi) is 1.29.